The topological polar surface area (TPSA) is 72.8 Å². The minimum atomic E-state index is 0.0169. The average Bonchev–Trinajstić information content (AvgIpc) is 2.69. The molecule has 1 heterocycles. The van der Waals surface area contributed by atoms with Crippen molar-refractivity contribution in [3.8, 4) is 11.5 Å². The van der Waals surface area contributed by atoms with Crippen LogP contribution in [0.1, 0.15) is 37.3 Å². The van der Waals surface area contributed by atoms with Gasteiger partial charge in [-0.15, -0.1) is 0 Å². The minimum Gasteiger partial charge on any atom is -0.508 e. The lowest BCUT2D eigenvalue weighted by Gasteiger charge is -2.33. The van der Waals surface area contributed by atoms with Crippen LogP contribution in [0, 0.1) is 5.92 Å². The molecule has 28 heavy (non-hydrogen) atoms. The number of aromatic hydroxyl groups is 2. The van der Waals surface area contributed by atoms with E-state index < -0.39 is 0 Å². The number of rotatable bonds is 6. The number of carbonyl (C=O) groups excluding carboxylic acids is 1. The number of carbonyl (C=O) groups is 1. The number of nitrogens with one attached hydrogen (secondary N) is 1. The van der Waals surface area contributed by atoms with Gasteiger partial charge >= 0.3 is 6.03 Å². The first-order valence-electron chi connectivity index (χ1n) is 10.1. The quantitative estimate of drug-likeness (QED) is 0.705. The maximum Gasteiger partial charge on any atom is 0.317 e. The largest absolute Gasteiger partial charge is 0.508 e. The van der Waals surface area contributed by atoms with E-state index in [2.05, 4.69) is 5.32 Å². The standard InChI is InChI=1S/C23H30N2O3/c1-17(16-20-6-10-22(27)11-7-20)24-23(28)25-14-12-19(13-15-25)3-2-18-4-8-21(26)9-5-18/h4-11,17,19,26-27H,2-3,12-16H2,1H3,(H,24,28). The van der Waals surface area contributed by atoms with Crippen LogP contribution in [0.3, 0.4) is 0 Å². The lowest BCUT2D eigenvalue weighted by Crippen LogP contribution is -2.47. The number of phenolic OH excluding ortho intramolecular Hbond substituents is 2. The molecule has 1 aliphatic heterocycles. The van der Waals surface area contributed by atoms with Crippen LogP contribution in [-0.4, -0.2) is 40.3 Å². The van der Waals surface area contributed by atoms with Crippen molar-refractivity contribution < 1.29 is 15.0 Å². The fraction of sp³-hybridized carbons (Fsp3) is 0.435. The molecular weight excluding hydrogens is 352 g/mol. The number of benzene rings is 2. The Morgan fingerprint density at radius 1 is 1.00 bits per heavy atom. The molecule has 0 aliphatic carbocycles. The highest BCUT2D eigenvalue weighted by atomic mass is 16.3. The van der Waals surface area contributed by atoms with Crippen molar-refractivity contribution in [1.82, 2.24) is 10.2 Å². The SMILES string of the molecule is CC(Cc1ccc(O)cc1)NC(=O)N1CCC(CCc2ccc(O)cc2)CC1. The van der Waals surface area contributed by atoms with Gasteiger partial charge in [-0.1, -0.05) is 24.3 Å². The van der Waals surface area contributed by atoms with Gasteiger partial charge in [0, 0.05) is 19.1 Å². The summed E-state index contributed by atoms with van der Waals surface area (Å²) < 4.78 is 0. The molecule has 0 bridgehead atoms. The van der Waals surface area contributed by atoms with E-state index in [-0.39, 0.29) is 17.8 Å². The Hall–Kier alpha value is -2.69. The van der Waals surface area contributed by atoms with Gasteiger partial charge in [0.05, 0.1) is 0 Å². The summed E-state index contributed by atoms with van der Waals surface area (Å²) in [5.74, 6) is 1.21. The second-order valence-corrected chi connectivity index (χ2v) is 7.86. The molecule has 0 radical (unpaired) electrons. The van der Waals surface area contributed by atoms with Crippen molar-refractivity contribution in [3.63, 3.8) is 0 Å². The lowest BCUT2D eigenvalue weighted by molar-refractivity contribution is 0.165. The highest BCUT2D eigenvalue weighted by Crippen LogP contribution is 2.23. The van der Waals surface area contributed by atoms with E-state index in [1.165, 1.54) is 5.56 Å². The Kier molecular flexibility index (Phi) is 6.80. The molecule has 3 N–H and O–H groups in total. The molecule has 1 unspecified atom stereocenters. The average molecular weight is 383 g/mol. The molecule has 5 nitrogen and oxygen atoms in total. The van der Waals surface area contributed by atoms with Gasteiger partial charge in [-0.2, -0.15) is 0 Å². The van der Waals surface area contributed by atoms with Gasteiger partial charge in [0.1, 0.15) is 11.5 Å². The number of amides is 2. The zero-order valence-electron chi connectivity index (χ0n) is 16.5. The third kappa shape index (κ3) is 5.91. The summed E-state index contributed by atoms with van der Waals surface area (Å²) in [6, 6.07) is 14.6. The van der Waals surface area contributed by atoms with Crippen LogP contribution in [0.25, 0.3) is 0 Å². The van der Waals surface area contributed by atoms with Gasteiger partial charge in [-0.05, 0) is 80.3 Å². The molecule has 2 aromatic rings. The molecule has 1 saturated heterocycles. The summed E-state index contributed by atoms with van der Waals surface area (Å²) in [7, 11) is 0. The molecule has 0 saturated carbocycles. The Labute approximate surface area is 167 Å². The van der Waals surface area contributed by atoms with Crippen LogP contribution < -0.4 is 5.32 Å². The Morgan fingerprint density at radius 3 is 2.11 bits per heavy atom. The van der Waals surface area contributed by atoms with Gasteiger partial charge in [-0.3, -0.25) is 0 Å². The monoisotopic (exact) mass is 382 g/mol. The minimum absolute atomic E-state index is 0.0169. The van der Waals surface area contributed by atoms with Crippen molar-refractivity contribution in [2.75, 3.05) is 13.1 Å². The maximum atomic E-state index is 12.5. The van der Waals surface area contributed by atoms with Gasteiger partial charge in [0.25, 0.3) is 0 Å². The van der Waals surface area contributed by atoms with Crippen molar-refractivity contribution >= 4 is 6.03 Å². The highest BCUT2D eigenvalue weighted by Gasteiger charge is 2.23. The van der Waals surface area contributed by atoms with Gasteiger partial charge in [0.2, 0.25) is 0 Å². The Balaban J connectivity index is 1.38. The van der Waals surface area contributed by atoms with Crippen LogP contribution in [0.4, 0.5) is 4.79 Å². The molecule has 5 heteroatoms. The number of aryl methyl sites for hydroxylation is 1. The predicted molar refractivity (Wildman–Crippen MR) is 111 cm³/mol. The second kappa shape index (κ2) is 9.49. The first kappa shape index (κ1) is 20.1. The number of hydrogen-bond acceptors (Lipinski definition) is 3. The zero-order chi connectivity index (χ0) is 19.9. The van der Waals surface area contributed by atoms with Crippen LogP contribution in [0.15, 0.2) is 48.5 Å². The third-order valence-corrected chi connectivity index (χ3v) is 5.53. The van der Waals surface area contributed by atoms with Crippen LogP contribution in [0.2, 0.25) is 0 Å². The number of phenols is 2. The maximum absolute atomic E-state index is 12.5. The fourth-order valence-electron chi connectivity index (χ4n) is 3.80. The van der Waals surface area contributed by atoms with Gasteiger partial charge in [-0.25, -0.2) is 4.79 Å². The molecule has 2 aromatic carbocycles. The number of likely N-dealkylation sites (tertiary alicyclic amines) is 1. The smallest absolute Gasteiger partial charge is 0.317 e. The van der Waals surface area contributed by atoms with Crippen molar-refractivity contribution in [2.24, 2.45) is 5.92 Å². The van der Waals surface area contributed by atoms with Crippen molar-refractivity contribution in [1.29, 1.82) is 0 Å². The summed E-state index contributed by atoms with van der Waals surface area (Å²) in [5, 5.41) is 21.8. The second-order valence-electron chi connectivity index (χ2n) is 7.86. The van der Waals surface area contributed by atoms with E-state index >= 15 is 0 Å². The highest BCUT2D eigenvalue weighted by molar-refractivity contribution is 5.74. The zero-order valence-corrected chi connectivity index (χ0v) is 16.5. The summed E-state index contributed by atoms with van der Waals surface area (Å²) in [6.45, 7) is 3.62. The Morgan fingerprint density at radius 2 is 1.54 bits per heavy atom. The molecule has 0 spiro atoms. The third-order valence-electron chi connectivity index (χ3n) is 5.53. The number of hydrogen-bond donors (Lipinski definition) is 3. The molecular formula is C23H30N2O3. The van der Waals surface area contributed by atoms with E-state index in [0.717, 1.165) is 50.8 Å². The van der Waals surface area contributed by atoms with Crippen molar-refractivity contribution in [2.45, 2.75) is 45.1 Å². The summed E-state index contributed by atoms with van der Waals surface area (Å²) in [6.07, 6.45) is 4.96. The van der Waals surface area contributed by atoms with Crippen LogP contribution >= 0.6 is 0 Å². The van der Waals surface area contributed by atoms with Gasteiger partial charge in [0.15, 0.2) is 0 Å². The first-order chi connectivity index (χ1) is 13.5. The molecule has 2 amide bonds. The fourth-order valence-corrected chi connectivity index (χ4v) is 3.80. The van der Waals surface area contributed by atoms with E-state index in [9.17, 15) is 15.0 Å². The molecule has 1 aliphatic rings. The molecule has 3 rings (SSSR count). The normalized spacial score (nSPS) is 16.0. The first-order valence-corrected chi connectivity index (χ1v) is 10.1. The van der Waals surface area contributed by atoms with E-state index in [4.69, 9.17) is 0 Å². The van der Waals surface area contributed by atoms with Gasteiger partial charge < -0.3 is 20.4 Å². The molecule has 1 fully saturated rings. The van der Waals surface area contributed by atoms with E-state index in [1.54, 1.807) is 24.3 Å². The molecule has 1 atom stereocenters. The summed E-state index contributed by atoms with van der Waals surface area (Å²) >= 11 is 0. The van der Waals surface area contributed by atoms with Crippen molar-refractivity contribution in [3.05, 3.63) is 59.7 Å². The Bertz CT molecular complexity index is 750. The summed E-state index contributed by atoms with van der Waals surface area (Å²) in [4.78, 5) is 14.4. The molecule has 150 valence electrons. The molecule has 0 aromatic heterocycles. The predicted octanol–water partition coefficient (Wildman–Crippen LogP) is 4.08. The van der Waals surface area contributed by atoms with Crippen LogP contribution in [0.5, 0.6) is 11.5 Å². The number of urea groups is 1. The number of nitrogens with zero attached hydrogens (tertiary/aromatic N) is 1. The lowest BCUT2D eigenvalue weighted by atomic mass is 9.90. The van der Waals surface area contributed by atoms with E-state index in [1.807, 2.05) is 36.1 Å². The van der Waals surface area contributed by atoms with E-state index in [0.29, 0.717) is 11.7 Å². The number of piperidine rings is 1. The summed E-state index contributed by atoms with van der Waals surface area (Å²) in [5.41, 5.74) is 2.35. The van der Waals surface area contributed by atoms with Crippen LogP contribution in [-0.2, 0) is 12.8 Å².